The van der Waals surface area contributed by atoms with Crippen molar-refractivity contribution in [2.75, 3.05) is 19.6 Å². The molecular weight excluding hydrogens is 354 g/mol. The molecule has 3 unspecified atom stereocenters. The van der Waals surface area contributed by atoms with Crippen LogP contribution in [0.3, 0.4) is 0 Å². The van der Waals surface area contributed by atoms with Gasteiger partial charge < -0.3 is 15.1 Å². The molecule has 0 aromatic heterocycles. The first-order chi connectivity index (χ1) is 13.3. The molecule has 1 heterocycles. The molecule has 0 bridgehead atoms. The van der Waals surface area contributed by atoms with Crippen LogP contribution in [0, 0.1) is 11.8 Å². The summed E-state index contributed by atoms with van der Waals surface area (Å²) in [7, 11) is 0. The predicted molar refractivity (Wildman–Crippen MR) is 110 cm³/mol. The van der Waals surface area contributed by atoms with Gasteiger partial charge in [0, 0.05) is 37.2 Å². The fourth-order valence-corrected chi connectivity index (χ4v) is 3.41. The zero-order chi connectivity index (χ0) is 20.8. The Balaban J connectivity index is 2.07. The van der Waals surface area contributed by atoms with Gasteiger partial charge in [0.25, 0.3) is 5.91 Å². The van der Waals surface area contributed by atoms with Crippen LogP contribution >= 0.6 is 0 Å². The molecule has 28 heavy (non-hydrogen) atoms. The van der Waals surface area contributed by atoms with E-state index in [4.69, 9.17) is 0 Å². The number of amides is 3. The summed E-state index contributed by atoms with van der Waals surface area (Å²) in [6, 6.07) is 8.61. The van der Waals surface area contributed by atoms with Crippen molar-refractivity contribution in [2.24, 2.45) is 11.8 Å². The lowest BCUT2D eigenvalue weighted by Crippen LogP contribution is -2.60. The lowest BCUT2D eigenvalue weighted by molar-refractivity contribution is -0.140. The second-order valence-corrected chi connectivity index (χ2v) is 8.02. The number of rotatable bonds is 6. The minimum Gasteiger partial charge on any atom is -0.344 e. The molecule has 1 aromatic carbocycles. The Hall–Kier alpha value is -2.37. The SMILES string of the molecule is CCC(C)C(NC(=O)C(C)C)C(=O)N1CCN(C(=O)c2ccccc2)C(C)C1. The molecule has 0 aliphatic carbocycles. The summed E-state index contributed by atoms with van der Waals surface area (Å²) in [5.41, 5.74) is 0.663. The molecule has 1 fully saturated rings. The normalized spacial score (nSPS) is 19.3. The lowest BCUT2D eigenvalue weighted by Gasteiger charge is -2.41. The smallest absolute Gasteiger partial charge is 0.254 e. The number of nitrogens with zero attached hydrogens (tertiary/aromatic N) is 2. The Morgan fingerprint density at radius 1 is 1.11 bits per heavy atom. The Morgan fingerprint density at radius 2 is 1.75 bits per heavy atom. The van der Waals surface area contributed by atoms with Crippen molar-refractivity contribution >= 4 is 17.7 Å². The van der Waals surface area contributed by atoms with Crippen molar-refractivity contribution in [1.29, 1.82) is 0 Å². The maximum absolute atomic E-state index is 13.2. The molecule has 1 aromatic rings. The predicted octanol–water partition coefficient (Wildman–Crippen LogP) is 2.55. The highest BCUT2D eigenvalue weighted by atomic mass is 16.2. The third-order valence-electron chi connectivity index (χ3n) is 5.52. The summed E-state index contributed by atoms with van der Waals surface area (Å²) in [5.74, 6) is -0.286. The Bertz CT molecular complexity index is 690. The van der Waals surface area contributed by atoms with Crippen molar-refractivity contribution in [3.63, 3.8) is 0 Å². The van der Waals surface area contributed by atoms with Gasteiger partial charge in [-0.2, -0.15) is 0 Å². The average Bonchev–Trinajstić information content (AvgIpc) is 2.70. The van der Waals surface area contributed by atoms with Gasteiger partial charge in [-0.3, -0.25) is 14.4 Å². The molecular formula is C22H33N3O3. The molecule has 1 aliphatic heterocycles. The third kappa shape index (κ3) is 5.12. The number of benzene rings is 1. The highest BCUT2D eigenvalue weighted by Crippen LogP contribution is 2.18. The van der Waals surface area contributed by atoms with Crippen LogP contribution in [-0.4, -0.2) is 59.2 Å². The zero-order valence-corrected chi connectivity index (χ0v) is 17.6. The van der Waals surface area contributed by atoms with Gasteiger partial charge in [0.05, 0.1) is 0 Å². The zero-order valence-electron chi connectivity index (χ0n) is 17.6. The van der Waals surface area contributed by atoms with Gasteiger partial charge >= 0.3 is 0 Å². The van der Waals surface area contributed by atoms with Gasteiger partial charge in [-0.15, -0.1) is 0 Å². The van der Waals surface area contributed by atoms with E-state index in [0.717, 1.165) is 6.42 Å². The Labute approximate surface area is 168 Å². The Kier molecular flexibility index (Phi) is 7.61. The quantitative estimate of drug-likeness (QED) is 0.816. The van der Waals surface area contributed by atoms with Crippen LogP contribution in [0.2, 0.25) is 0 Å². The largest absolute Gasteiger partial charge is 0.344 e. The second kappa shape index (κ2) is 9.71. The van der Waals surface area contributed by atoms with Crippen LogP contribution in [-0.2, 0) is 9.59 Å². The molecule has 2 rings (SSSR count). The van der Waals surface area contributed by atoms with Gasteiger partial charge in [0.15, 0.2) is 0 Å². The number of hydrogen-bond acceptors (Lipinski definition) is 3. The lowest BCUT2D eigenvalue weighted by atomic mass is 9.96. The third-order valence-corrected chi connectivity index (χ3v) is 5.52. The van der Waals surface area contributed by atoms with Gasteiger partial charge in [0.1, 0.15) is 6.04 Å². The van der Waals surface area contributed by atoms with E-state index < -0.39 is 6.04 Å². The van der Waals surface area contributed by atoms with Crippen LogP contribution in [0.5, 0.6) is 0 Å². The monoisotopic (exact) mass is 387 g/mol. The van der Waals surface area contributed by atoms with Gasteiger partial charge in [-0.1, -0.05) is 52.3 Å². The number of carbonyl (C=O) groups excluding carboxylic acids is 3. The molecule has 1 saturated heterocycles. The van der Waals surface area contributed by atoms with Crippen molar-refractivity contribution in [3.8, 4) is 0 Å². The minimum atomic E-state index is -0.525. The Morgan fingerprint density at radius 3 is 2.29 bits per heavy atom. The van der Waals surface area contributed by atoms with Crippen molar-refractivity contribution < 1.29 is 14.4 Å². The first-order valence-electron chi connectivity index (χ1n) is 10.2. The maximum Gasteiger partial charge on any atom is 0.254 e. The molecule has 3 amide bonds. The van der Waals surface area contributed by atoms with Crippen LogP contribution < -0.4 is 5.32 Å². The standard InChI is InChI=1S/C22H33N3O3/c1-6-16(4)19(23-20(26)15(2)3)22(28)24-12-13-25(17(5)14-24)21(27)18-10-8-7-9-11-18/h7-11,15-17,19H,6,12-14H2,1-5H3,(H,23,26). The minimum absolute atomic E-state index is 0.00761. The maximum atomic E-state index is 13.2. The molecule has 1 N–H and O–H groups in total. The second-order valence-electron chi connectivity index (χ2n) is 8.02. The molecule has 3 atom stereocenters. The summed E-state index contributed by atoms with van der Waals surface area (Å²) in [4.78, 5) is 41.7. The first kappa shape index (κ1) is 21.9. The molecule has 1 aliphatic rings. The molecule has 0 saturated carbocycles. The summed E-state index contributed by atoms with van der Waals surface area (Å²) >= 11 is 0. The van der Waals surface area contributed by atoms with E-state index in [2.05, 4.69) is 5.32 Å². The topological polar surface area (TPSA) is 69.7 Å². The van der Waals surface area contributed by atoms with Crippen LogP contribution in [0.1, 0.15) is 51.4 Å². The van der Waals surface area contributed by atoms with E-state index in [1.54, 1.807) is 4.90 Å². The molecule has 6 nitrogen and oxygen atoms in total. The van der Waals surface area contributed by atoms with Gasteiger partial charge in [-0.05, 0) is 25.0 Å². The number of hydrogen-bond donors (Lipinski definition) is 1. The van der Waals surface area contributed by atoms with E-state index >= 15 is 0 Å². The number of nitrogens with one attached hydrogen (secondary N) is 1. The van der Waals surface area contributed by atoms with Crippen LogP contribution in [0.15, 0.2) is 30.3 Å². The first-order valence-corrected chi connectivity index (χ1v) is 10.2. The van der Waals surface area contributed by atoms with Gasteiger partial charge in [0.2, 0.25) is 11.8 Å². The van der Waals surface area contributed by atoms with E-state index in [-0.39, 0.29) is 35.6 Å². The van der Waals surface area contributed by atoms with Crippen LogP contribution in [0.25, 0.3) is 0 Å². The summed E-state index contributed by atoms with van der Waals surface area (Å²) in [6.45, 7) is 11.1. The van der Waals surface area contributed by atoms with Crippen LogP contribution in [0.4, 0.5) is 0 Å². The number of piperazine rings is 1. The average molecular weight is 388 g/mol. The molecule has 0 radical (unpaired) electrons. The molecule has 154 valence electrons. The highest BCUT2D eigenvalue weighted by molar-refractivity contribution is 5.94. The highest BCUT2D eigenvalue weighted by Gasteiger charge is 2.35. The van der Waals surface area contributed by atoms with E-state index in [1.807, 2.05) is 69.9 Å². The summed E-state index contributed by atoms with van der Waals surface area (Å²) in [5, 5.41) is 2.93. The fourth-order valence-electron chi connectivity index (χ4n) is 3.41. The van der Waals surface area contributed by atoms with E-state index in [1.165, 1.54) is 0 Å². The van der Waals surface area contributed by atoms with Gasteiger partial charge in [-0.25, -0.2) is 0 Å². The van der Waals surface area contributed by atoms with Crippen molar-refractivity contribution in [1.82, 2.24) is 15.1 Å². The number of carbonyl (C=O) groups is 3. The summed E-state index contributed by atoms with van der Waals surface area (Å²) < 4.78 is 0. The fraction of sp³-hybridized carbons (Fsp3) is 0.591. The van der Waals surface area contributed by atoms with E-state index in [9.17, 15) is 14.4 Å². The van der Waals surface area contributed by atoms with E-state index in [0.29, 0.717) is 25.2 Å². The van der Waals surface area contributed by atoms with Crippen molar-refractivity contribution in [2.45, 2.75) is 53.1 Å². The van der Waals surface area contributed by atoms with Crippen molar-refractivity contribution in [3.05, 3.63) is 35.9 Å². The summed E-state index contributed by atoms with van der Waals surface area (Å²) in [6.07, 6.45) is 0.802. The molecule has 0 spiro atoms. The molecule has 6 heteroatoms.